The third-order valence-corrected chi connectivity index (χ3v) is 5.22. The molecule has 1 aromatic carbocycles. The van der Waals surface area contributed by atoms with Crippen LogP contribution in [0.5, 0.6) is 0 Å². The molecule has 3 aromatic rings. The molecule has 3 rings (SSSR count). The topological polar surface area (TPSA) is 72.1 Å². The van der Waals surface area contributed by atoms with Crippen molar-refractivity contribution >= 4 is 5.96 Å². The monoisotopic (exact) mass is 407 g/mol. The maximum absolute atomic E-state index is 4.84. The molecule has 0 fully saturated rings. The highest BCUT2D eigenvalue weighted by Crippen LogP contribution is 2.15. The molecular weight excluding hydrogens is 374 g/mol. The van der Waals surface area contributed by atoms with Gasteiger partial charge in [-0.25, -0.2) is 4.99 Å². The molecule has 2 heterocycles. The average Bonchev–Trinajstić information content (AvgIpc) is 3.37. The number of benzene rings is 1. The number of nitrogens with one attached hydrogen (secondary N) is 2. The van der Waals surface area contributed by atoms with Gasteiger partial charge in [-0.3, -0.25) is 9.36 Å². The Balaban J connectivity index is 1.73. The van der Waals surface area contributed by atoms with E-state index in [1.807, 2.05) is 34.9 Å². The summed E-state index contributed by atoms with van der Waals surface area (Å²) in [6, 6.07) is 10.4. The minimum absolute atomic E-state index is 0.612. The Hall–Kier alpha value is -3.09. The average molecular weight is 408 g/mol. The van der Waals surface area contributed by atoms with Crippen molar-refractivity contribution in [3.8, 4) is 0 Å². The second kappa shape index (κ2) is 10.6. The number of nitrogens with zero attached hydrogens (tertiary/aromatic N) is 5. The molecule has 0 aliphatic rings. The van der Waals surface area contributed by atoms with Crippen molar-refractivity contribution in [2.24, 2.45) is 12.0 Å². The second-order valence-corrected chi connectivity index (χ2v) is 7.22. The van der Waals surface area contributed by atoms with Crippen LogP contribution in [0.25, 0.3) is 0 Å². The lowest BCUT2D eigenvalue weighted by Gasteiger charge is -2.13. The number of rotatable bonds is 9. The first-order chi connectivity index (χ1) is 14.7. The van der Waals surface area contributed by atoms with Crippen LogP contribution in [-0.4, -0.2) is 32.1 Å². The molecule has 0 saturated carbocycles. The Bertz CT molecular complexity index is 954. The Kier molecular flexibility index (Phi) is 7.65. The van der Waals surface area contributed by atoms with Crippen LogP contribution in [0.1, 0.15) is 48.8 Å². The lowest BCUT2D eigenvalue weighted by atomic mass is 10.1. The molecule has 0 bridgehead atoms. The molecule has 7 nitrogen and oxygen atoms in total. The van der Waals surface area contributed by atoms with Crippen LogP contribution in [0, 0.1) is 0 Å². The summed E-state index contributed by atoms with van der Waals surface area (Å²) in [5.74, 6) is 0.819. The quantitative estimate of drug-likeness (QED) is 0.422. The van der Waals surface area contributed by atoms with Crippen molar-refractivity contribution in [1.82, 2.24) is 30.2 Å². The largest absolute Gasteiger partial charge is 0.357 e. The number of hydrogen-bond acceptors (Lipinski definition) is 3. The Morgan fingerprint density at radius 3 is 2.50 bits per heavy atom. The van der Waals surface area contributed by atoms with E-state index in [1.54, 1.807) is 0 Å². The van der Waals surface area contributed by atoms with E-state index in [9.17, 15) is 0 Å². The number of guanidine groups is 1. The fraction of sp³-hybridized carbons (Fsp3) is 0.435. The van der Waals surface area contributed by atoms with Crippen LogP contribution < -0.4 is 10.6 Å². The molecule has 30 heavy (non-hydrogen) atoms. The molecule has 0 radical (unpaired) electrons. The zero-order chi connectivity index (χ0) is 21.3. The standard InChI is InChI=1S/C23H33N7/c1-5-21-20(22(6-2)29(4)28-21)16-26-23(24-7-3)25-15-18-11-8-9-12-19(18)17-30-14-10-13-27-30/h8-14H,5-7,15-17H2,1-4H3,(H2,24,25,26). The summed E-state index contributed by atoms with van der Waals surface area (Å²) in [6.45, 7) is 9.31. The first-order valence-corrected chi connectivity index (χ1v) is 10.8. The van der Waals surface area contributed by atoms with Crippen LogP contribution in [-0.2, 0) is 39.5 Å². The molecule has 0 spiro atoms. The third kappa shape index (κ3) is 5.28. The van der Waals surface area contributed by atoms with Crippen LogP contribution in [0.15, 0.2) is 47.7 Å². The minimum Gasteiger partial charge on any atom is -0.357 e. The predicted octanol–water partition coefficient (Wildman–Crippen LogP) is 3.05. The van der Waals surface area contributed by atoms with Gasteiger partial charge in [0.2, 0.25) is 0 Å². The van der Waals surface area contributed by atoms with Gasteiger partial charge in [0.15, 0.2) is 5.96 Å². The van der Waals surface area contributed by atoms with E-state index < -0.39 is 0 Å². The first kappa shape index (κ1) is 21.6. The van der Waals surface area contributed by atoms with E-state index >= 15 is 0 Å². The van der Waals surface area contributed by atoms with Gasteiger partial charge >= 0.3 is 0 Å². The van der Waals surface area contributed by atoms with Crippen LogP contribution in [0.4, 0.5) is 0 Å². The number of aromatic nitrogens is 4. The maximum atomic E-state index is 4.84. The maximum Gasteiger partial charge on any atom is 0.191 e. The minimum atomic E-state index is 0.612. The van der Waals surface area contributed by atoms with Crippen LogP contribution in [0.3, 0.4) is 0 Å². The summed E-state index contributed by atoms with van der Waals surface area (Å²) >= 11 is 0. The molecule has 0 aliphatic carbocycles. The number of hydrogen-bond donors (Lipinski definition) is 2. The van der Waals surface area contributed by atoms with E-state index in [-0.39, 0.29) is 0 Å². The van der Waals surface area contributed by atoms with Crippen molar-refractivity contribution in [2.45, 2.75) is 53.2 Å². The summed E-state index contributed by atoms with van der Waals surface area (Å²) in [5.41, 5.74) is 6.15. The van der Waals surface area contributed by atoms with Gasteiger partial charge in [-0.15, -0.1) is 0 Å². The Morgan fingerprint density at radius 1 is 1.03 bits per heavy atom. The fourth-order valence-electron chi connectivity index (χ4n) is 3.71. The summed E-state index contributed by atoms with van der Waals surface area (Å²) in [5, 5.41) is 15.9. The molecule has 0 atom stereocenters. The SMILES string of the molecule is CCNC(=NCc1ccccc1Cn1cccn1)NCc1c(CC)nn(C)c1CC. The van der Waals surface area contributed by atoms with Gasteiger partial charge < -0.3 is 10.6 Å². The van der Waals surface area contributed by atoms with Gasteiger partial charge in [0.25, 0.3) is 0 Å². The van der Waals surface area contributed by atoms with Gasteiger partial charge in [-0.2, -0.15) is 10.2 Å². The molecule has 160 valence electrons. The number of aliphatic imine (C=N–C) groups is 1. The van der Waals surface area contributed by atoms with Crippen molar-refractivity contribution in [3.63, 3.8) is 0 Å². The van der Waals surface area contributed by atoms with Gasteiger partial charge in [0.05, 0.1) is 18.8 Å². The van der Waals surface area contributed by atoms with Gasteiger partial charge in [0, 0.05) is 43.8 Å². The Labute approximate surface area is 179 Å². The molecule has 7 heteroatoms. The highest BCUT2D eigenvalue weighted by atomic mass is 15.3. The third-order valence-electron chi connectivity index (χ3n) is 5.22. The molecule has 2 aromatic heterocycles. The predicted molar refractivity (Wildman–Crippen MR) is 121 cm³/mol. The number of aryl methyl sites for hydroxylation is 2. The lowest BCUT2D eigenvalue weighted by molar-refractivity contribution is 0.680. The summed E-state index contributed by atoms with van der Waals surface area (Å²) in [4.78, 5) is 4.84. The fourth-order valence-corrected chi connectivity index (χ4v) is 3.71. The summed E-state index contributed by atoms with van der Waals surface area (Å²) in [6.07, 6.45) is 5.69. The molecule has 0 unspecified atom stereocenters. The van der Waals surface area contributed by atoms with Crippen LogP contribution in [0.2, 0.25) is 0 Å². The van der Waals surface area contributed by atoms with Crippen molar-refractivity contribution in [3.05, 3.63) is 70.8 Å². The van der Waals surface area contributed by atoms with E-state index in [4.69, 9.17) is 4.99 Å². The molecule has 0 aliphatic heterocycles. The van der Waals surface area contributed by atoms with Crippen molar-refractivity contribution in [2.75, 3.05) is 6.54 Å². The first-order valence-electron chi connectivity index (χ1n) is 10.8. The second-order valence-electron chi connectivity index (χ2n) is 7.22. The van der Waals surface area contributed by atoms with Gasteiger partial charge in [0.1, 0.15) is 0 Å². The molecule has 2 N–H and O–H groups in total. The van der Waals surface area contributed by atoms with E-state index in [2.05, 4.69) is 65.9 Å². The Morgan fingerprint density at radius 2 is 1.83 bits per heavy atom. The zero-order valence-corrected chi connectivity index (χ0v) is 18.5. The van der Waals surface area contributed by atoms with E-state index in [1.165, 1.54) is 22.4 Å². The van der Waals surface area contributed by atoms with Crippen molar-refractivity contribution < 1.29 is 0 Å². The highest BCUT2D eigenvalue weighted by Gasteiger charge is 2.14. The van der Waals surface area contributed by atoms with Gasteiger partial charge in [-0.05, 0) is 37.0 Å². The lowest BCUT2D eigenvalue weighted by Crippen LogP contribution is -2.37. The summed E-state index contributed by atoms with van der Waals surface area (Å²) in [7, 11) is 2.03. The van der Waals surface area contributed by atoms with Crippen LogP contribution >= 0.6 is 0 Å². The molecular formula is C23H33N7. The van der Waals surface area contributed by atoms with E-state index in [0.29, 0.717) is 6.54 Å². The zero-order valence-electron chi connectivity index (χ0n) is 18.5. The summed E-state index contributed by atoms with van der Waals surface area (Å²) < 4.78 is 3.94. The molecule has 0 saturated heterocycles. The van der Waals surface area contributed by atoms with Crippen molar-refractivity contribution in [1.29, 1.82) is 0 Å². The smallest absolute Gasteiger partial charge is 0.191 e. The normalized spacial score (nSPS) is 11.7. The highest BCUT2D eigenvalue weighted by molar-refractivity contribution is 5.79. The molecule has 0 amide bonds. The van der Waals surface area contributed by atoms with E-state index in [0.717, 1.165) is 44.1 Å². The van der Waals surface area contributed by atoms with Gasteiger partial charge in [-0.1, -0.05) is 38.1 Å².